The van der Waals surface area contributed by atoms with Crippen molar-refractivity contribution in [1.29, 1.82) is 0 Å². The Hall–Kier alpha value is -1.13. The zero-order valence-corrected chi connectivity index (χ0v) is 9.54. The summed E-state index contributed by atoms with van der Waals surface area (Å²) in [5.74, 6) is -1.06. The van der Waals surface area contributed by atoms with Gasteiger partial charge in [0, 0.05) is 6.08 Å². The molecule has 0 amide bonds. The third kappa shape index (κ3) is 10.9. The average molecular weight is 228 g/mol. The van der Waals surface area contributed by atoms with Crippen LogP contribution in [0, 0.1) is 0 Å². The Bertz CT molecular complexity index is 243. The van der Waals surface area contributed by atoms with E-state index in [0.717, 1.165) is 25.3 Å². The lowest BCUT2D eigenvalue weighted by Gasteiger charge is -2.01. The van der Waals surface area contributed by atoms with Crippen LogP contribution in [0.15, 0.2) is 24.3 Å². The van der Waals surface area contributed by atoms with Gasteiger partial charge in [-0.05, 0) is 38.7 Å². The maximum Gasteiger partial charge on any atom is 0.328 e. The second-order valence-corrected chi connectivity index (χ2v) is 3.75. The topological polar surface area (TPSA) is 77.8 Å². The summed E-state index contributed by atoms with van der Waals surface area (Å²) in [5, 5.41) is 26.6. The summed E-state index contributed by atoms with van der Waals surface area (Å²) in [7, 11) is 0. The fraction of sp³-hybridized carbons (Fsp3) is 0.583. The molecule has 0 aliphatic rings. The standard InChI is InChI=1S/C12H20O4/c1-10(13)6-4-2-3-5-7-11(14)8-9-12(15)16/h3,5,8-11,13-14H,2,4,6-7H2,1H3,(H,15,16)/b5-3+,9-8+/t10-,11+/m1/s1. The molecule has 0 aromatic heterocycles. The van der Waals surface area contributed by atoms with E-state index >= 15 is 0 Å². The van der Waals surface area contributed by atoms with Crippen molar-refractivity contribution < 1.29 is 20.1 Å². The van der Waals surface area contributed by atoms with Crippen molar-refractivity contribution in [3.8, 4) is 0 Å². The second kappa shape index (κ2) is 9.12. The number of unbranched alkanes of at least 4 members (excludes halogenated alkanes) is 1. The van der Waals surface area contributed by atoms with Gasteiger partial charge >= 0.3 is 5.97 Å². The van der Waals surface area contributed by atoms with E-state index in [9.17, 15) is 9.90 Å². The van der Waals surface area contributed by atoms with E-state index in [4.69, 9.17) is 10.2 Å². The Kier molecular flexibility index (Phi) is 8.48. The van der Waals surface area contributed by atoms with Gasteiger partial charge in [0.15, 0.2) is 0 Å². The number of aliphatic carboxylic acids is 1. The number of aliphatic hydroxyl groups is 2. The molecule has 4 nitrogen and oxygen atoms in total. The van der Waals surface area contributed by atoms with Gasteiger partial charge in [0.25, 0.3) is 0 Å². The third-order valence-corrected chi connectivity index (χ3v) is 2.00. The first-order valence-electron chi connectivity index (χ1n) is 5.44. The number of aliphatic hydroxyl groups excluding tert-OH is 2. The van der Waals surface area contributed by atoms with Gasteiger partial charge in [0.05, 0.1) is 12.2 Å². The normalized spacial score (nSPS) is 15.7. The van der Waals surface area contributed by atoms with Crippen molar-refractivity contribution in [1.82, 2.24) is 0 Å². The molecule has 0 aliphatic heterocycles. The molecule has 0 rings (SSSR count). The fourth-order valence-corrected chi connectivity index (χ4v) is 1.16. The molecule has 3 N–H and O–H groups in total. The van der Waals surface area contributed by atoms with Crippen LogP contribution < -0.4 is 0 Å². The van der Waals surface area contributed by atoms with Crippen LogP contribution in [0.4, 0.5) is 0 Å². The first kappa shape index (κ1) is 14.9. The van der Waals surface area contributed by atoms with Gasteiger partial charge in [0.2, 0.25) is 0 Å². The number of carboxylic acids is 1. The highest BCUT2D eigenvalue weighted by Crippen LogP contribution is 2.02. The van der Waals surface area contributed by atoms with E-state index in [1.165, 1.54) is 6.08 Å². The van der Waals surface area contributed by atoms with E-state index in [2.05, 4.69) is 0 Å². The summed E-state index contributed by atoms with van der Waals surface area (Å²) in [5.41, 5.74) is 0. The summed E-state index contributed by atoms with van der Waals surface area (Å²) < 4.78 is 0. The molecule has 0 spiro atoms. The molecule has 0 bridgehead atoms. The minimum Gasteiger partial charge on any atom is -0.478 e. The van der Waals surface area contributed by atoms with Crippen LogP contribution in [-0.4, -0.2) is 33.5 Å². The Labute approximate surface area is 95.9 Å². The van der Waals surface area contributed by atoms with Crippen molar-refractivity contribution in [2.45, 2.75) is 44.8 Å². The highest BCUT2D eigenvalue weighted by molar-refractivity contribution is 5.79. The molecule has 92 valence electrons. The Balaban J connectivity index is 3.55. The van der Waals surface area contributed by atoms with E-state index in [1.54, 1.807) is 6.92 Å². The molecule has 0 unspecified atom stereocenters. The Morgan fingerprint density at radius 2 is 2.00 bits per heavy atom. The molecule has 0 heterocycles. The number of hydrogen-bond donors (Lipinski definition) is 3. The molecular formula is C12H20O4. The number of carboxylic acid groups (broad SMARTS) is 1. The van der Waals surface area contributed by atoms with Gasteiger partial charge in [-0.15, -0.1) is 0 Å². The molecule has 16 heavy (non-hydrogen) atoms. The summed E-state index contributed by atoms with van der Waals surface area (Å²) in [6.07, 6.45) is 7.88. The van der Waals surface area contributed by atoms with E-state index < -0.39 is 12.1 Å². The van der Waals surface area contributed by atoms with Gasteiger partial charge in [0.1, 0.15) is 0 Å². The second-order valence-electron chi connectivity index (χ2n) is 3.75. The SMILES string of the molecule is C[C@@H](O)CCC/C=C/C[C@H](O)/C=C/C(=O)O. The van der Waals surface area contributed by atoms with Crippen LogP contribution in [0.5, 0.6) is 0 Å². The Morgan fingerprint density at radius 1 is 1.31 bits per heavy atom. The van der Waals surface area contributed by atoms with Crippen LogP contribution in [0.3, 0.4) is 0 Å². The van der Waals surface area contributed by atoms with Crippen LogP contribution >= 0.6 is 0 Å². The number of hydrogen-bond acceptors (Lipinski definition) is 3. The van der Waals surface area contributed by atoms with Gasteiger partial charge in [-0.1, -0.05) is 12.2 Å². The number of carbonyl (C=O) groups is 1. The van der Waals surface area contributed by atoms with Crippen LogP contribution in [-0.2, 0) is 4.79 Å². The quantitative estimate of drug-likeness (QED) is 0.334. The summed E-state index contributed by atoms with van der Waals surface area (Å²) in [6.45, 7) is 1.75. The number of allylic oxidation sites excluding steroid dienone is 1. The van der Waals surface area contributed by atoms with Crippen molar-refractivity contribution in [2.75, 3.05) is 0 Å². The predicted octanol–water partition coefficient (Wildman–Crippen LogP) is 1.49. The monoisotopic (exact) mass is 228 g/mol. The van der Waals surface area contributed by atoms with Crippen molar-refractivity contribution in [3.05, 3.63) is 24.3 Å². The molecule has 0 aliphatic carbocycles. The summed E-state index contributed by atoms with van der Waals surface area (Å²) in [6, 6.07) is 0. The molecule has 0 radical (unpaired) electrons. The summed E-state index contributed by atoms with van der Waals surface area (Å²) in [4.78, 5) is 10.1. The number of rotatable bonds is 8. The van der Waals surface area contributed by atoms with E-state index in [1.807, 2.05) is 12.2 Å². The minimum absolute atomic E-state index is 0.266. The largest absolute Gasteiger partial charge is 0.478 e. The smallest absolute Gasteiger partial charge is 0.328 e. The van der Waals surface area contributed by atoms with Crippen LogP contribution in [0.1, 0.15) is 32.6 Å². The zero-order valence-electron chi connectivity index (χ0n) is 9.54. The maximum atomic E-state index is 10.1. The molecule has 0 saturated heterocycles. The lowest BCUT2D eigenvalue weighted by atomic mass is 10.1. The summed E-state index contributed by atoms with van der Waals surface area (Å²) >= 11 is 0. The van der Waals surface area contributed by atoms with E-state index in [0.29, 0.717) is 6.42 Å². The Morgan fingerprint density at radius 3 is 2.56 bits per heavy atom. The first-order chi connectivity index (χ1) is 7.52. The van der Waals surface area contributed by atoms with Crippen molar-refractivity contribution >= 4 is 5.97 Å². The third-order valence-electron chi connectivity index (χ3n) is 2.00. The van der Waals surface area contributed by atoms with Crippen molar-refractivity contribution in [2.24, 2.45) is 0 Å². The lowest BCUT2D eigenvalue weighted by Crippen LogP contribution is -2.01. The highest BCUT2D eigenvalue weighted by Gasteiger charge is 1.96. The van der Waals surface area contributed by atoms with E-state index in [-0.39, 0.29) is 6.10 Å². The van der Waals surface area contributed by atoms with Gasteiger partial charge in [-0.25, -0.2) is 4.79 Å². The lowest BCUT2D eigenvalue weighted by molar-refractivity contribution is -0.131. The minimum atomic E-state index is -1.06. The highest BCUT2D eigenvalue weighted by atomic mass is 16.4. The fourth-order valence-electron chi connectivity index (χ4n) is 1.16. The van der Waals surface area contributed by atoms with Gasteiger partial charge in [-0.3, -0.25) is 0 Å². The first-order valence-corrected chi connectivity index (χ1v) is 5.44. The zero-order chi connectivity index (χ0) is 12.4. The molecule has 0 aromatic rings. The predicted molar refractivity (Wildman–Crippen MR) is 62.1 cm³/mol. The van der Waals surface area contributed by atoms with Gasteiger partial charge < -0.3 is 15.3 Å². The molecule has 4 heteroatoms. The molecular weight excluding hydrogens is 208 g/mol. The van der Waals surface area contributed by atoms with Gasteiger partial charge in [-0.2, -0.15) is 0 Å². The average Bonchev–Trinajstić information content (AvgIpc) is 2.19. The van der Waals surface area contributed by atoms with Crippen LogP contribution in [0.2, 0.25) is 0 Å². The maximum absolute atomic E-state index is 10.1. The molecule has 2 atom stereocenters. The van der Waals surface area contributed by atoms with Crippen LogP contribution in [0.25, 0.3) is 0 Å². The molecule has 0 aromatic carbocycles. The molecule has 0 saturated carbocycles. The molecule has 0 fully saturated rings. The van der Waals surface area contributed by atoms with Crippen molar-refractivity contribution in [3.63, 3.8) is 0 Å².